The number of anilines is 2. The summed E-state index contributed by atoms with van der Waals surface area (Å²) in [5, 5.41) is 18.2. The van der Waals surface area contributed by atoms with Gasteiger partial charge in [0, 0.05) is 46.9 Å². The molecule has 2 N–H and O–H groups in total. The topological polar surface area (TPSA) is 125 Å². The van der Waals surface area contributed by atoms with E-state index >= 15 is 0 Å². The van der Waals surface area contributed by atoms with Crippen LogP contribution in [0.25, 0.3) is 28.1 Å². The van der Waals surface area contributed by atoms with Crippen molar-refractivity contribution in [2.75, 3.05) is 26.6 Å². The summed E-state index contributed by atoms with van der Waals surface area (Å²) in [6.07, 6.45) is 3.71. The molecule has 166 valence electrons. The van der Waals surface area contributed by atoms with Crippen molar-refractivity contribution in [3.63, 3.8) is 0 Å². The van der Waals surface area contributed by atoms with Gasteiger partial charge in [0.2, 0.25) is 11.7 Å². The summed E-state index contributed by atoms with van der Waals surface area (Å²) >= 11 is 0. The Morgan fingerprint density at radius 1 is 0.970 bits per heavy atom. The molecule has 0 fully saturated rings. The minimum Gasteiger partial charge on any atom is -0.493 e. The Bertz CT molecular complexity index is 1390. The second-order valence-corrected chi connectivity index (χ2v) is 7.00. The third-order valence-electron chi connectivity index (χ3n) is 5.09. The third kappa shape index (κ3) is 3.76. The van der Waals surface area contributed by atoms with Crippen molar-refractivity contribution in [1.82, 2.24) is 35.2 Å². The molecule has 0 saturated carbocycles. The van der Waals surface area contributed by atoms with Crippen LogP contribution in [0, 0.1) is 0 Å². The number of benzene rings is 2. The van der Waals surface area contributed by atoms with Gasteiger partial charge >= 0.3 is 0 Å². The quantitative estimate of drug-likeness (QED) is 0.389. The van der Waals surface area contributed by atoms with Gasteiger partial charge in [0.05, 0.1) is 21.3 Å². The second-order valence-electron chi connectivity index (χ2n) is 7.00. The lowest BCUT2D eigenvalue weighted by molar-refractivity contribution is 0.324. The Labute approximate surface area is 188 Å². The maximum Gasteiger partial charge on any atom is 0.229 e. The molecule has 3 heterocycles. The first-order chi connectivity index (χ1) is 16.2. The van der Waals surface area contributed by atoms with Gasteiger partial charge in [-0.15, -0.1) is 5.10 Å². The molecular formula is C22H20N8O3. The van der Waals surface area contributed by atoms with Gasteiger partial charge in [-0.1, -0.05) is 12.1 Å². The van der Waals surface area contributed by atoms with Gasteiger partial charge in [-0.3, -0.25) is 0 Å². The fraction of sp³-hybridized carbons (Fsp3) is 0.136. The maximum absolute atomic E-state index is 5.43. The molecular weight excluding hydrogens is 424 g/mol. The summed E-state index contributed by atoms with van der Waals surface area (Å²) in [5.41, 5.74) is 3.22. The van der Waals surface area contributed by atoms with Crippen molar-refractivity contribution in [3.05, 3.63) is 54.9 Å². The summed E-state index contributed by atoms with van der Waals surface area (Å²) in [5.74, 6) is 2.59. The first-order valence-corrected chi connectivity index (χ1v) is 9.96. The van der Waals surface area contributed by atoms with E-state index in [9.17, 15) is 0 Å². The highest BCUT2D eigenvalue weighted by Crippen LogP contribution is 2.40. The lowest BCUT2D eigenvalue weighted by Crippen LogP contribution is -2.02. The Kier molecular flexibility index (Phi) is 5.19. The molecule has 2 aromatic carbocycles. The number of rotatable bonds is 7. The van der Waals surface area contributed by atoms with Crippen LogP contribution in [0.5, 0.6) is 17.2 Å². The Morgan fingerprint density at radius 3 is 2.48 bits per heavy atom. The van der Waals surface area contributed by atoms with Crippen LogP contribution in [0.15, 0.2) is 54.9 Å². The second kappa shape index (κ2) is 8.46. The summed E-state index contributed by atoms with van der Waals surface area (Å²) in [6.45, 7) is 0. The van der Waals surface area contributed by atoms with Crippen molar-refractivity contribution in [2.24, 2.45) is 0 Å². The number of H-pyrrole nitrogens is 1. The maximum atomic E-state index is 5.43. The fourth-order valence-corrected chi connectivity index (χ4v) is 3.55. The van der Waals surface area contributed by atoms with Gasteiger partial charge < -0.3 is 24.1 Å². The zero-order valence-corrected chi connectivity index (χ0v) is 18.1. The van der Waals surface area contributed by atoms with Crippen LogP contribution >= 0.6 is 0 Å². The molecule has 0 saturated heterocycles. The smallest absolute Gasteiger partial charge is 0.229 e. The Morgan fingerprint density at radius 2 is 1.79 bits per heavy atom. The van der Waals surface area contributed by atoms with Crippen molar-refractivity contribution >= 4 is 22.7 Å². The molecule has 5 aromatic rings. The number of aromatic nitrogens is 7. The molecule has 5 rings (SSSR count). The first-order valence-electron chi connectivity index (χ1n) is 9.96. The van der Waals surface area contributed by atoms with Crippen molar-refractivity contribution in [3.8, 4) is 34.3 Å². The fourth-order valence-electron chi connectivity index (χ4n) is 3.55. The lowest BCUT2D eigenvalue weighted by atomic mass is 10.2. The Hall–Kier alpha value is -4.67. The van der Waals surface area contributed by atoms with E-state index in [4.69, 9.17) is 19.2 Å². The molecule has 33 heavy (non-hydrogen) atoms. The molecule has 0 aliphatic carbocycles. The number of tetrazole rings is 1. The van der Waals surface area contributed by atoms with Gasteiger partial charge in [-0.2, -0.15) is 4.98 Å². The van der Waals surface area contributed by atoms with Crippen LogP contribution in [0.1, 0.15) is 0 Å². The number of hydrogen-bond donors (Lipinski definition) is 2. The van der Waals surface area contributed by atoms with Crippen LogP contribution < -0.4 is 19.5 Å². The average molecular weight is 444 g/mol. The largest absolute Gasteiger partial charge is 0.493 e. The minimum absolute atomic E-state index is 0.423. The molecule has 0 spiro atoms. The summed E-state index contributed by atoms with van der Waals surface area (Å²) < 4.78 is 18.2. The normalized spacial score (nSPS) is 10.9. The number of hydrogen-bond acceptors (Lipinski definition) is 9. The van der Waals surface area contributed by atoms with Crippen LogP contribution in [0.4, 0.5) is 11.6 Å². The Balaban J connectivity index is 1.52. The highest BCUT2D eigenvalue weighted by molar-refractivity contribution is 5.79. The molecule has 0 amide bonds. The zero-order chi connectivity index (χ0) is 22.8. The van der Waals surface area contributed by atoms with E-state index in [-0.39, 0.29) is 0 Å². The third-order valence-corrected chi connectivity index (χ3v) is 5.09. The number of nitrogens with zero attached hydrogens (tertiary/aromatic N) is 6. The average Bonchev–Trinajstić information content (AvgIpc) is 3.54. The predicted molar refractivity (Wildman–Crippen MR) is 121 cm³/mol. The van der Waals surface area contributed by atoms with E-state index in [2.05, 4.69) is 30.9 Å². The van der Waals surface area contributed by atoms with Gasteiger partial charge in [-0.05, 0) is 28.6 Å². The summed E-state index contributed by atoms with van der Waals surface area (Å²) in [6, 6.07) is 13.4. The summed E-state index contributed by atoms with van der Waals surface area (Å²) in [4.78, 5) is 9.17. The molecule has 0 aliphatic rings. The summed E-state index contributed by atoms with van der Waals surface area (Å²) in [7, 11) is 4.70. The van der Waals surface area contributed by atoms with Crippen LogP contribution in [0.2, 0.25) is 0 Å². The van der Waals surface area contributed by atoms with Crippen molar-refractivity contribution in [1.29, 1.82) is 0 Å². The van der Waals surface area contributed by atoms with E-state index in [1.807, 2.05) is 41.1 Å². The van der Waals surface area contributed by atoms with Gasteiger partial charge in [0.25, 0.3) is 0 Å². The standard InChI is InChI=1S/C22H20N8O3/c1-31-17-10-15(11-18(32-2)19(17)33-3)24-22-23-12-14-7-8-30(21(14)25-22)16-6-4-5-13(9-16)20-26-28-29-27-20/h4-12H,1-3H3,(H,23,24,25)(H,26,27,28,29). The van der Waals surface area contributed by atoms with E-state index in [1.165, 1.54) is 0 Å². The van der Waals surface area contributed by atoms with Crippen molar-refractivity contribution < 1.29 is 14.2 Å². The van der Waals surface area contributed by atoms with E-state index in [0.717, 1.165) is 22.3 Å². The van der Waals surface area contributed by atoms with Crippen LogP contribution in [0.3, 0.4) is 0 Å². The number of ether oxygens (including phenoxy) is 3. The monoisotopic (exact) mass is 444 g/mol. The van der Waals surface area contributed by atoms with Gasteiger partial charge in [0.15, 0.2) is 17.3 Å². The molecule has 0 atom stereocenters. The number of fused-ring (bicyclic) bond motifs is 1. The molecule has 3 aromatic heterocycles. The first kappa shape index (κ1) is 20.2. The lowest BCUT2D eigenvalue weighted by Gasteiger charge is -2.14. The van der Waals surface area contributed by atoms with E-state index in [0.29, 0.717) is 34.7 Å². The molecule has 11 heteroatoms. The van der Waals surface area contributed by atoms with Crippen molar-refractivity contribution in [2.45, 2.75) is 0 Å². The predicted octanol–water partition coefficient (Wildman–Crippen LogP) is 3.37. The molecule has 0 bridgehead atoms. The number of nitrogens with one attached hydrogen (secondary N) is 2. The number of methoxy groups -OCH3 is 3. The van der Waals surface area contributed by atoms with E-state index < -0.39 is 0 Å². The van der Waals surface area contributed by atoms with Crippen LogP contribution in [-0.2, 0) is 0 Å². The van der Waals surface area contributed by atoms with Gasteiger partial charge in [0.1, 0.15) is 5.65 Å². The molecule has 0 aliphatic heterocycles. The van der Waals surface area contributed by atoms with Gasteiger partial charge in [-0.25, -0.2) is 10.1 Å². The number of aromatic amines is 1. The highest BCUT2D eigenvalue weighted by atomic mass is 16.5. The van der Waals surface area contributed by atoms with Crippen LogP contribution in [-0.4, -0.2) is 56.5 Å². The SMILES string of the molecule is COc1cc(Nc2ncc3ccn(-c4cccc(-c5nnn[nH]5)c4)c3n2)cc(OC)c1OC. The molecule has 0 radical (unpaired) electrons. The zero-order valence-electron chi connectivity index (χ0n) is 18.1. The minimum atomic E-state index is 0.423. The molecule has 11 nitrogen and oxygen atoms in total. The highest BCUT2D eigenvalue weighted by Gasteiger charge is 2.15. The van der Waals surface area contributed by atoms with E-state index in [1.54, 1.807) is 39.7 Å². The molecule has 0 unspecified atom stereocenters.